The van der Waals surface area contributed by atoms with Gasteiger partial charge in [0.05, 0.1) is 12.2 Å². The number of para-hydroxylation sites is 1. The van der Waals surface area contributed by atoms with E-state index < -0.39 is 6.03 Å². The fourth-order valence-corrected chi connectivity index (χ4v) is 2.32. The molecule has 3 rings (SSSR count). The summed E-state index contributed by atoms with van der Waals surface area (Å²) < 4.78 is 5.86. The first-order valence-electron chi connectivity index (χ1n) is 6.02. The van der Waals surface area contributed by atoms with Gasteiger partial charge in [-0.25, -0.2) is 10.6 Å². The lowest BCUT2D eigenvalue weighted by molar-refractivity contribution is 0.246. The van der Waals surface area contributed by atoms with Crippen LogP contribution >= 0.6 is 11.6 Å². The summed E-state index contributed by atoms with van der Waals surface area (Å²) >= 11 is 6.01. The summed E-state index contributed by atoms with van der Waals surface area (Å²) in [5.41, 5.74) is 3.61. The van der Waals surface area contributed by atoms with E-state index in [1.54, 1.807) is 18.2 Å². The molecule has 1 heterocycles. The van der Waals surface area contributed by atoms with E-state index in [0.717, 1.165) is 5.56 Å². The molecule has 20 heavy (non-hydrogen) atoms. The number of nitrogens with two attached hydrogens (primary N) is 1. The average Bonchev–Trinajstić information content (AvgIpc) is 2.63. The number of rotatable bonds is 0. The first-order chi connectivity index (χ1) is 9.69. The van der Waals surface area contributed by atoms with Crippen LogP contribution in [0.5, 0.6) is 11.5 Å². The average molecular weight is 290 g/mol. The van der Waals surface area contributed by atoms with E-state index in [4.69, 9.17) is 22.2 Å². The zero-order valence-corrected chi connectivity index (χ0v) is 11.2. The molecule has 3 N–H and O–H groups in total. The van der Waals surface area contributed by atoms with Crippen molar-refractivity contribution in [1.29, 1.82) is 0 Å². The molecule has 2 aromatic rings. The van der Waals surface area contributed by atoms with E-state index in [9.17, 15) is 4.79 Å². The molecule has 0 radical (unpaired) electrons. The van der Waals surface area contributed by atoms with Gasteiger partial charge in [-0.1, -0.05) is 29.8 Å². The molecule has 2 amide bonds. The molecule has 0 bridgehead atoms. The highest BCUT2D eigenvalue weighted by Gasteiger charge is 2.25. The Morgan fingerprint density at radius 3 is 2.85 bits per heavy atom. The van der Waals surface area contributed by atoms with Crippen LogP contribution in [-0.2, 0) is 6.54 Å². The fourth-order valence-electron chi connectivity index (χ4n) is 2.15. The van der Waals surface area contributed by atoms with Crippen LogP contribution in [0.15, 0.2) is 42.5 Å². The van der Waals surface area contributed by atoms with Crippen molar-refractivity contribution in [3.05, 3.63) is 53.1 Å². The number of carbonyl (C=O) groups is 1. The highest BCUT2D eigenvalue weighted by atomic mass is 35.5. The topological polar surface area (TPSA) is 67.6 Å². The van der Waals surface area contributed by atoms with Crippen LogP contribution in [0.4, 0.5) is 10.5 Å². The van der Waals surface area contributed by atoms with Crippen molar-refractivity contribution in [3.8, 4) is 11.5 Å². The van der Waals surface area contributed by atoms with Gasteiger partial charge in [-0.15, -0.1) is 0 Å². The largest absolute Gasteiger partial charge is 0.455 e. The van der Waals surface area contributed by atoms with Crippen molar-refractivity contribution >= 4 is 23.3 Å². The number of urea groups is 1. The Hall–Kier alpha value is -2.24. The molecule has 102 valence electrons. The molecule has 5 nitrogen and oxygen atoms in total. The van der Waals surface area contributed by atoms with Gasteiger partial charge in [-0.2, -0.15) is 0 Å². The van der Waals surface area contributed by atoms with Crippen LogP contribution in [0.3, 0.4) is 0 Å². The Bertz CT molecular complexity index is 675. The lowest BCUT2D eigenvalue weighted by Gasteiger charge is -2.21. The first kappa shape index (κ1) is 12.8. The molecule has 0 saturated carbocycles. The van der Waals surface area contributed by atoms with Crippen LogP contribution in [0.1, 0.15) is 5.56 Å². The number of anilines is 1. The van der Waals surface area contributed by atoms with Crippen LogP contribution in [0.2, 0.25) is 5.02 Å². The third kappa shape index (κ3) is 2.17. The monoisotopic (exact) mass is 289 g/mol. The van der Waals surface area contributed by atoms with Gasteiger partial charge >= 0.3 is 6.03 Å². The van der Waals surface area contributed by atoms with E-state index in [0.29, 0.717) is 28.8 Å². The second kappa shape index (κ2) is 5.03. The summed E-state index contributed by atoms with van der Waals surface area (Å²) in [7, 11) is 0. The van der Waals surface area contributed by atoms with Gasteiger partial charge in [0.15, 0.2) is 5.75 Å². The van der Waals surface area contributed by atoms with Crippen molar-refractivity contribution in [2.45, 2.75) is 6.54 Å². The number of halogens is 1. The number of fused-ring (bicyclic) bond motifs is 2. The van der Waals surface area contributed by atoms with Crippen LogP contribution < -0.4 is 20.9 Å². The Morgan fingerprint density at radius 1 is 1.25 bits per heavy atom. The minimum Gasteiger partial charge on any atom is -0.455 e. The van der Waals surface area contributed by atoms with Gasteiger partial charge in [0.2, 0.25) is 0 Å². The van der Waals surface area contributed by atoms with Crippen LogP contribution in [-0.4, -0.2) is 6.03 Å². The molecule has 1 aliphatic rings. The van der Waals surface area contributed by atoms with Gasteiger partial charge in [0.1, 0.15) is 5.75 Å². The van der Waals surface area contributed by atoms with Gasteiger partial charge in [-0.3, -0.25) is 10.3 Å². The summed E-state index contributed by atoms with van der Waals surface area (Å²) in [6.07, 6.45) is 0. The highest BCUT2D eigenvalue weighted by molar-refractivity contribution is 6.31. The number of amides is 2. The maximum atomic E-state index is 12.0. The maximum absolute atomic E-state index is 12.0. The number of carbonyl (C=O) groups excluding carboxylic acids is 1. The molecule has 0 unspecified atom stereocenters. The molecule has 0 aromatic heterocycles. The minimum absolute atomic E-state index is 0.354. The van der Waals surface area contributed by atoms with Gasteiger partial charge in [0, 0.05) is 10.6 Å². The number of hydrazine groups is 1. The summed E-state index contributed by atoms with van der Waals surface area (Å²) in [5.74, 6) is 6.52. The number of ether oxygens (including phenoxy) is 1. The molecule has 0 spiro atoms. The highest BCUT2D eigenvalue weighted by Crippen LogP contribution is 2.40. The zero-order valence-electron chi connectivity index (χ0n) is 10.5. The minimum atomic E-state index is -0.422. The molecule has 0 aliphatic carbocycles. The lowest BCUT2D eigenvalue weighted by Crippen LogP contribution is -2.43. The van der Waals surface area contributed by atoms with E-state index in [-0.39, 0.29) is 0 Å². The normalized spacial score (nSPS) is 12.8. The number of nitrogens with zero attached hydrogens (tertiary/aromatic N) is 1. The Morgan fingerprint density at radius 2 is 2.05 bits per heavy atom. The quantitative estimate of drug-likeness (QED) is 0.445. The molecule has 0 atom stereocenters. The molecule has 2 aromatic carbocycles. The summed E-state index contributed by atoms with van der Waals surface area (Å²) in [5, 5.41) is 0.521. The van der Waals surface area contributed by atoms with Crippen molar-refractivity contribution in [2.75, 3.05) is 4.90 Å². The Kier molecular flexibility index (Phi) is 3.22. The predicted octanol–water partition coefficient (Wildman–Crippen LogP) is 3.04. The Labute approximate surface area is 120 Å². The van der Waals surface area contributed by atoms with Gasteiger partial charge in [0.25, 0.3) is 0 Å². The van der Waals surface area contributed by atoms with Crippen molar-refractivity contribution in [3.63, 3.8) is 0 Å². The second-order valence-electron chi connectivity index (χ2n) is 4.36. The summed E-state index contributed by atoms with van der Waals surface area (Å²) in [4.78, 5) is 13.5. The first-order valence-corrected chi connectivity index (χ1v) is 6.40. The standard InChI is InChI=1S/C14H12ClN3O2/c15-10-5-6-13-11(7-10)18(14(19)17-16)8-9-3-1-2-4-12(9)20-13/h1-7H,8,16H2,(H,17,19). The van der Waals surface area contributed by atoms with E-state index in [2.05, 4.69) is 5.43 Å². The second-order valence-corrected chi connectivity index (χ2v) is 4.79. The SMILES string of the molecule is NNC(=O)N1Cc2ccccc2Oc2ccc(Cl)cc21. The maximum Gasteiger partial charge on any atom is 0.336 e. The van der Waals surface area contributed by atoms with Crippen molar-refractivity contribution in [2.24, 2.45) is 5.84 Å². The fraction of sp³-hybridized carbons (Fsp3) is 0.0714. The van der Waals surface area contributed by atoms with E-state index in [1.807, 2.05) is 24.3 Å². The third-order valence-electron chi connectivity index (χ3n) is 3.10. The summed E-state index contributed by atoms with van der Waals surface area (Å²) in [6, 6.07) is 12.2. The van der Waals surface area contributed by atoms with Gasteiger partial charge in [-0.05, 0) is 24.3 Å². The zero-order chi connectivity index (χ0) is 14.1. The number of hydrogen-bond acceptors (Lipinski definition) is 3. The van der Waals surface area contributed by atoms with Crippen LogP contribution in [0, 0.1) is 0 Å². The Balaban J connectivity index is 2.16. The number of nitrogens with one attached hydrogen (secondary N) is 1. The predicted molar refractivity (Wildman–Crippen MR) is 76.9 cm³/mol. The van der Waals surface area contributed by atoms with Gasteiger partial charge < -0.3 is 4.74 Å². The van der Waals surface area contributed by atoms with Crippen LogP contribution in [0.25, 0.3) is 0 Å². The van der Waals surface area contributed by atoms with Crippen molar-refractivity contribution < 1.29 is 9.53 Å². The van der Waals surface area contributed by atoms with Crippen molar-refractivity contribution in [1.82, 2.24) is 5.43 Å². The number of hydrogen-bond donors (Lipinski definition) is 2. The molecular formula is C14H12ClN3O2. The third-order valence-corrected chi connectivity index (χ3v) is 3.34. The van der Waals surface area contributed by atoms with E-state index >= 15 is 0 Å². The molecule has 6 heteroatoms. The summed E-state index contributed by atoms with van der Waals surface area (Å²) in [6.45, 7) is 0.354. The molecule has 1 aliphatic heterocycles. The smallest absolute Gasteiger partial charge is 0.336 e. The molecule has 0 fully saturated rings. The molecule has 0 saturated heterocycles. The lowest BCUT2D eigenvalue weighted by atomic mass is 10.2. The number of benzene rings is 2. The van der Waals surface area contributed by atoms with E-state index in [1.165, 1.54) is 4.90 Å². The molecular weight excluding hydrogens is 278 g/mol.